The van der Waals surface area contributed by atoms with Crippen LogP contribution in [-0.4, -0.2) is 27.8 Å². The minimum absolute atomic E-state index is 0.603. The highest BCUT2D eigenvalue weighted by Crippen LogP contribution is 2.30. The number of anilines is 1. The zero-order chi connectivity index (χ0) is 16.4. The van der Waals surface area contributed by atoms with Crippen LogP contribution in [0, 0.1) is 6.92 Å². The fraction of sp³-hybridized carbons (Fsp3) is 0.294. The summed E-state index contributed by atoms with van der Waals surface area (Å²) in [5.41, 5.74) is 4.72. The summed E-state index contributed by atoms with van der Waals surface area (Å²) in [6.45, 7) is 4.20. The van der Waals surface area contributed by atoms with Crippen molar-refractivity contribution in [3.05, 3.63) is 47.5 Å². The molecule has 0 bridgehead atoms. The second kappa shape index (κ2) is 6.22. The fourth-order valence-corrected chi connectivity index (χ4v) is 3.26. The number of hydrogen-bond acceptors (Lipinski definition) is 4. The molecule has 0 saturated heterocycles. The Kier molecular flexibility index (Phi) is 4.28. The number of sulfonamides is 1. The molecular weight excluding hydrogens is 312 g/mol. The van der Waals surface area contributed by atoms with Gasteiger partial charge in [0.05, 0.1) is 11.9 Å². The number of benzene rings is 2. The summed E-state index contributed by atoms with van der Waals surface area (Å²) < 4.78 is 31.0. The first kappa shape index (κ1) is 15.8. The third kappa shape index (κ3) is 3.83. The van der Waals surface area contributed by atoms with Crippen molar-refractivity contribution < 1.29 is 13.2 Å². The lowest BCUT2D eigenvalue weighted by Gasteiger charge is -2.12. The van der Waals surface area contributed by atoms with E-state index in [1.807, 2.05) is 25.1 Å². The van der Waals surface area contributed by atoms with Crippen molar-refractivity contribution in [3.8, 4) is 16.9 Å². The Morgan fingerprint density at radius 3 is 2.61 bits per heavy atom. The van der Waals surface area contributed by atoms with Gasteiger partial charge in [0.1, 0.15) is 12.4 Å². The van der Waals surface area contributed by atoms with Gasteiger partial charge in [-0.3, -0.25) is 4.72 Å². The van der Waals surface area contributed by atoms with Gasteiger partial charge in [-0.05, 0) is 41.8 Å². The smallest absolute Gasteiger partial charge is 0.229 e. The molecule has 1 aliphatic rings. The topological polar surface area (TPSA) is 67.4 Å². The third-order valence-electron chi connectivity index (χ3n) is 3.77. The second-order valence-corrected chi connectivity index (χ2v) is 7.50. The highest BCUT2D eigenvalue weighted by atomic mass is 32.2. The fourth-order valence-electron chi connectivity index (χ4n) is 2.63. The van der Waals surface area contributed by atoms with Crippen LogP contribution in [0.5, 0.6) is 5.75 Å². The number of nitrogens with one attached hydrogen (secondary N) is 2. The van der Waals surface area contributed by atoms with Crippen molar-refractivity contribution in [1.82, 2.24) is 5.32 Å². The molecule has 0 aromatic heterocycles. The molecule has 6 heteroatoms. The Balaban J connectivity index is 1.93. The number of rotatable bonds is 3. The monoisotopic (exact) mass is 332 g/mol. The summed E-state index contributed by atoms with van der Waals surface area (Å²) in [6.07, 6.45) is 1.15. The molecule has 0 spiro atoms. The van der Waals surface area contributed by atoms with E-state index in [0.29, 0.717) is 12.3 Å². The molecule has 0 saturated carbocycles. The van der Waals surface area contributed by atoms with Gasteiger partial charge < -0.3 is 10.1 Å². The number of aryl methyl sites for hydroxylation is 1. The summed E-state index contributed by atoms with van der Waals surface area (Å²) in [7, 11) is -3.27. The molecule has 2 N–H and O–H groups in total. The van der Waals surface area contributed by atoms with Crippen molar-refractivity contribution in [2.24, 2.45) is 0 Å². The maximum Gasteiger partial charge on any atom is 0.229 e. The molecule has 2 aromatic rings. The van der Waals surface area contributed by atoms with E-state index >= 15 is 0 Å². The minimum atomic E-state index is -3.27. The molecule has 0 atom stereocenters. The molecule has 0 aliphatic carbocycles. The van der Waals surface area contributed by atoms with Gasteiger partial charge in [0.15, 0.2) is 0 Å². The van der Waals surface area contributed by atoms with Gasteiger partial charge in [0.25, 0.3) is 0 Å². The molecule has 0 radical (unpaired) electrons. The van der Waals surface area contributed by atoms with E-state index in [0.717, 1.165) is 47.3 Å². The van der Waals surface area contributed by atoms with Gasteiger partial charge >= 0.3 is 0 Å². The lowest BCUT2D eigenvalue weighted by Crippen LogP contribution is -2.16. The third-order valence-corrected chi connectivity index (χ3v) is 4.36. The lowest BCUT2D eigenvalue weighted by molar-refractivity contribution is 0.326. The Bertz CT molecular complexity index is 832. The molecule has 0 unspecified atom stereocenters. The van der Waals surface area contributed by atoms with Gasteiger partial charge in [-0.25, -0.2) is 8.42 Å². The van der Waals surface area contributed by atoms with E-state index in [1.54, 1.807) is 6.07 Å². The Labute approximate surface area is 136 Å². The molecule has 1 aliphatic heterocycles. The van der Waals surface area contributed by atoms with Crippen molar-refractivity contribution in [2.75, 3.05) is 24.1 Å². The van der Waals surface area contributed by atoms with Crippen molar-refractivity contribution in [3.63, 3.8) is 0 Å². The largest absolute Gasteiger partial charge is 0.492 e. The Morgan fingerprint density at radius 1 is 1.13 bits per heavy atom. The SMILES string of the molecule is Cc1cc(-c2ccc3c(c2)OCCNC3)ccc1NS(C)(=O)=O. The average molecular weight is 332 g/mol. The number of ether oxygens (including phenoxy) is 1. The van der Waals surface area contributed by atoms with E-state index < -0.39 is 10.0 Å². The van der Waals surface area contributed by atoms with Crippen LogP contribution >= 0.6 is 0 Å². The normalized spacial score (nSPS) is 14.5. The van der Waals surface area contributed by atoms with Crippen LogP contribution in [0.3, 0.4) is 0 Å². The summed E-state index contributed by atoms with van der Waals surface area (Å²) in [5.74, 6) is 0.906. The van der Waals surface area contributed by atoms with Crippen molar-refractivity contribution in [1.29, 1.82) is 0 Å². The maximum absolute atomic E-state index is 11.4. The van der Waals surface area contributed by atoms with Gasteiger partial charge in [0, 0.05) is 18.7 Å². The zero-order valence-corrected chi connectivity index (χ0v) is 14.0. The summed E-state index contributed by atoms with van der Waals surface area (Å²) in [5, 5.41) is 3.31. The van der Waals surface area contributed by atoms with Crippen molar-refractivity contribution >= 4 is 15.7 Å². The Morgan fingerprint density at radius 2 is 1.87 bits per heavy atom. The van der Waals surface area contributed by atoms with Crippen LogP contribution < -0.4 is 14.8 Å². The van der Waals surface area contributed by atoms with Crippen molar-refractivity contribution in [2.45, 2.75) is 13.5 Å². The minimum Gasteiger partial charge on any atom is -0.492 e. The van der Waals surface area contributed by atoms with E-state index in [-0.39, 0.29) is 0 Å². The van der Waals surface area contributed by atoms with E-state index in [2.05, 4.69) is 22.2 Å². The van der Waals surface area contributed by atoms with Crippen LogP contribution in [0.4, 0.5) is 5.69 Å². The van der Waals surface area contributed by atoms with Crippen LogP contribution in [0.2, 0.25) is 0 Å². The standard InChI is InChI=1S/C17H20N2O3S/c1-12-9-13(5-6-16(12)19-23(2,20)21)14-3-4-15-11-18-7-8-22-17(15)10-14/h3-6,9-10,18-19H,7-8,11H2,1-2H3. The summed E-state index contributed by atoms with van der Waals surface area (Å²) >= 11 is 0. The molecule has 122 valence electrons. The highest BCUT2D eigenvalue weighted by molar-refractivity contribution is 7.92. The van der Waals surface area contributed by atoms with Crippen LogP contribution in [0.1, 0.15) is 11.1 Å². The van der Waals surface area contributed by atoms with E-state index in [9.17, 15) is 8.42 Å². The first-order valence-corrected chi connectivity index (χ1v) is 9.37. The van der Waals surface area contributed by atoms with E-state index in [1.165, 1.54) is 0 Å². The molecule has 0 amide bonds. The lowest BCUT2D eigenvalue weighted by atomic mass is 10.0. The Hall–Kier alpha value is -2.05. The predicted octanol–water partition coefficient (Wildman–Crippen LogP) is 2.52. The van der Waals surface area contributed by atoms with Gasteiger partial charge in [-0.1, -0.05) is 18.2 Å². The second-order valence-electron chi connectivity index (χ2n) is 5.75. The number of fused-ring (bicyclic) bond motifs is 1. The van der Waals surface area contributed by atoms with Crippen LogP contribution in [0.25, 0.3) is 11.1 Å². The average Bonchev–Trinajstić information content (AvgIpc) is 2.72. The van der Waals surface area contributed by atoms with Gasteiger partial charge in [-0.2, -0.15) is 0 Å². The molecule has 23 heavy (non-hydrogen) atoms. The van der Waals surface area contributed by atoms with Gasteiger partial charge in [0.2, 0.25) is 10.0 Å². The zero-order valence-electron chi connectivity index (χ0n) is 13.2. The molecular formula is C17H20N2O3S. The molecule has 5 nitrogen and oxygen atoms in total. The van der Waals surface area contributed by atoms with Gasteiger partial charge in [-0.15, -0.1) is 0 Å². The molecule has 1 heterocycles. The first-order chi connectivity index (χ1) is 10.9. The van der Waals surface area contributed by atoms with Crippen LogP contribution in [0.15, 0.2) is 36.4 Å². The van der Waals surface area contributed by atoms with Crippen LogP contribution in [-0.2, 0) is 16.6 Å². The maximum atomic E-state index is 11.4. The van der Waals surface area contributed by atoms with E-state index in [4.69, 9.17) is 4.74 Å². The molecule has 3 rings (SSSR count). The highest BCUT2D eigenvalue weighted by Gasteiger charge is 2.11. The quantitative estimate of drug-likeness (QED) is 0.906. The summed E-state index contributed by atoms with van der Waals surface area (Å²) in [6, 6.07) is 11.9. The summed E-state index contributed by atoms with van der Waals surface area (Å²) in [4.78, 5) is 0. The number of hydrogen-bond donors (Lipinski definition) is 2. The molecule has 2 aromatic carbocycles. The first-order valence-electron chi connectivity index (χ1n) is 7.48. The molecule has 0 fully saturated rings. The predicted molar refractivity (Wildman–Crippen MR) is 92.3 cm³/mol.